The Bertz CT molecular complexity index is 515. The average molecular weight is 233 g/mol. The van der Waals surface area contributed by atoms with Crippen molar-refractivity contribution in [1.82, 2.24) is 4.98 Å². The number of rotatable bonds is 1. The fourth-order valence-corrected chi connectivity index (χ4v) is 1.90. The molecule has 82 valence electrons. The lowest BCUT2D eigenvalue weighted by atomic mass is 10.0. The molecule has 0 atom stereocenters. The van der Waals surface area contributed by atoms with E-state index in [0.29, 0.717) is 10.8 Å². The summed E-state index contributed by atoms with van der Waals surface area (Å²) in [4.78, 5) is 4.30. The highest BCUT2D eigenvalue weighted by molar-refractivity contribution is 6.31. The van der Waals surface area contributed by atoms with E-state index in [1.54, 1.807) is 6.07 Å². The van der Waals surface area contributed by atoms with Crippen LogP contribution in [0.15, 0.2) is 30.3 Å². The standard InChI is InChI=1S/C13H13ClN2/c1-8-4-3-5-11(9(8)2)12-6-10(14)7-13(15)16-12/h3-7H,1-2H3,(H2,15,16). The minimum absolute atomic E-state index is 0.448. The Morgan fingerprint density at radius 1 is 1.19 bits per heavy atom. The van der Waals surface area contributed by atoms with Gasteiger partial charge in [-0.2, -0.15) is 0 Å². The molecule has 2 aromatic rings. The van der Waals surface area contributed by atoms with Gasteiger partial charge in [0.15, 0.2) is 0 Å². The number of pyridine rings is 1. The summed E-state index contributed by atoms with van der Waals surface area (Å²) in [5.74, 6) is 0.448. The summed E-state index contributed by atoms with van der Waals surface area (Å²) < 4.78 is 0. The van der Waals surface area contributed by atoms with Crippen LogP contribution in [0.3, 0.4) is 0 Å². The monoisotopic (exact) mass is 232 g/mol. The van der Waals surface area contributed by atoms with Crippen LogP contribution < -0.4 is 5.73 Å². The molecule has 0 spiro atoms. The quantitative estimate of drug-likeness (QED) is 0.816. The first-order valence-electron chi connectivity index (χ1n) is 5.07. The smallest absolute Gasteiger partial charge is 0.125 e. The van der Waals surface area contributed by atoms with Gasteiger partial charge in [-0.1, -0.05) is 29.8 Å². The van der Waals surface area contributed by atoms with Crippen LogP contribution in [0.4, 0.5) is 5.82 Å². The minimum Gasteiger partial charge on any atom is -0.384 e. The predicted octanol–water partition coefficient (Wildman–Crippen LogP) is 3.60. The molecular weight excluding hydrogens is 220 g/mol. The maximum Gasteiger partial charge on any atom is 0.125 e. The second kappa shape index (κ2) is 4.14. The lowest BCUT2D eigenvalue weighted by Crippen LogP contribution is -1.94. The van der Waals surface area contributed by atoms with Gasteiger partial charge in [0.25, 0.3) is 0 Å². The Balaban J connectivity index is 2.63. The third-order valence-electron chi connectivity index (χ3n) is 2.69. The summed E-state index contributed by atoms with van der Waals surface area (Å²) >= 11 is 5.97. The van der Waals surface area contributed by atoms with Crippen LogP contribution in [0.5, 0.6) is 0 Å². The predicted molar refractivity (Wildman–Crippen MR) is 68.6 cm³/mol. The first-order chi connectivity index (χ1) is 7.58. The van der Waals surface area contributed by atoms with E-state index in [4.69, 9.17) is 17.3 Å². The number of anilines is 1. The topological polar surface area (TPSA) is 38.9 Å². The minimum atomic E-state index is 0.448. The number of aromatic nitrogens is 1. The van der Waals surface area contributed by atoms with Gasteiger partial charge in [-0.25, -0.2) is 4.98 Å². The average Bonchev–Trinajstić information content (AvgIpc) is 2.20. The Labute approximate surface area is 100 Å². The van der Waals surface area contributed by atoms with Crippen molar-refractivity contribution in [3.8, 4) is 11.3 Å². The zero-order chi connectivity index (χ0) is 11.7. The molecule has 0 saturated heterocycles. The molecule has 2 nitrogen and oxygen atoms in total. The third-order valence-corrected chi connectivity index (χ3v) is 2.91. The highest BCUT2D eigenvalue weighted by Gasteiger charge is 2.06. The molecule has 0 unspecified atom stereocenters. The van der Waals surface area contributed by atoms with Crippen LogP contribution in [0.2, 0.25) is 5.02 Å². The summed E-state index contributed by atoms with van der Waals surface area (Å²) in [6.07, 6.45) is 0. The van der Waals surface area contributed by atoms with Crippen molar-refractivity contribution < 1.29 is 0 Å². The molecule has 16 heavy (non-hydrogen) atoms. The fourth-order valence-electron chi connectivity index (χ4n) is 1.68. The van der Waals surface area contributed by atoms with Crippen molar-refractivity contribution >= 4 is 17.4 Å². The first-order valence-corrected chi connectivity index (χ1v) is 5.45. The summed E-state index contributed by atoms with van der Waals surface area (Å²) in [5.41, 5.74) is 10.0. The van der Waals surface area contributed by atoms with Gasteiger partial charge in [0, 0.05) is 10.6 Å². The van der Waals surface area contributed by atoms with E-state index in [-0.39, 0.29) is 0 Å². The van der Waals surface area contributed by atoms with Crippen molar-refractivity contribution in [2.24, 2.45) is 0 Å². The Hall–Kier alpha value is -1.54. The van der Waals surface area contributed by atoms with Crippen molar-refractivity contribution in [2.75, 3.05) is 5.73 Å². The summed E-state index contributed by atoms with van der Waals surface area (Å²) in [7, 11) is 0. The van der Waals surface area contributed by atoms with E-state index in [9.17, 15) is 0 Å². The van der Waals surface area contributed by atoms with Gasteiger partial charge in [0.05, 0.1) is 5.69 Å². The van der Waals surface area contributed by atoms with Crippen LogP contribution in [-0.2, 0) is 0 Å². The zero-order valence-corrected chi connectivity index (χ0v) is 10.0. The van der Waals surface area contributed by atoms with Crippen molar-refractivity contribution in [2.45, 2.75) is 13.8 Å². The molecule has 0 radical (unpaired) electrons. The SMILES string of the molecule is Cc1cccc(-c2cc(Cl)cc(N)n2)c1C. The molecule has 0 saturated carbocycles. The van der Waals surface area contributed by atoms with Crippen molar-refractivity contribution in [3.05, 3.63) is 46.5 Å². The van der Waals surface area contributed by atoms with E-state index in [0.717, 1.165) is 11.3 Å². The van der Waals surface area contributed by atoms with Gasteiger partial charge in [0.1, 0.15) is 5.82 Å². The molecule has 0 bridgehead atoms. The molecule has 3 heteroatoms. The molecule has 1 aromatic carbocycles. The number of nitrogen functional groups attached to an aromatic ring is 1. The van der Waals surface area contributed by atoms with Crippen LogP contribution in [0, 0.1) is 13.8 Å². The lowest BCUT2D eigenvalue weighted by molar-refractivity contribution is 1.28. The highest BCUT2D eigenvalue weighted by atomic mass is 35.5. The molecule has 2 N–H and O–H groups in total. The van der Waals surface area contributed by atoms with E-state index < -0.39 is 0 Å². The van der Waals surface area contributed by atoms with Crippen LogP contribution in [-0.4, -0.2) is 4.98 Å². The molecule has 0 amide bonds. The number of hydrogen-bond donors (Lipinski definition) is 1. The molecule has 0 aliphatic carbocycles. The molecule has 0 aliphatic rings. The van der Waals surface area contributed by atoms with Gasteiger partial charge in [0.2, 0.25) is 0 Å². The second-order valence-electron chi connectivity index (χ2n) is 3.84. The van der Waals surface area contributed by atoms with Gasteiger partial charge >= 0.3 is 0 Å². The third kappa shape index (κ3) is 2.02. The molecular formula is C13H13ClN2. The highest BCUT2D eigenvalue weighted by Crippen LogP contribution is 2.26. The number of nitrogens with zero attached hydrogens (tertiary/aromatic N) is 1. The van der Waals surface area contributed by atoms with Gasteiger partial charge in [-0.3, -0.25) is 0 Å². The van der Waals surface area contributed by atoms with Gasteiger partial charge < -0.3 is 5.73 Å². The number of aryl methyl sites for hydroxylation is 1. The molecule has 2 rings (SSSR count). The van der Waals surface area contributed by atoms with Crippen molar-refractivity contribution in [1.29, 1.82) is 0 Å². The van der Waals surface area contributed by atoms with Crippen molar-refractivity contribution in [3.63, 3.8) is 0 Å². The second-order valence-corrected chi connectivity index (χ2v) is 4.28. The molecule has 1 aromatic heterocycles. The van der Waals surface area contributed by atoms with Gasteiger partial charge in [-0.15, -0.1) is 0 Å². The number of nitrogens with two attached hydrogens (primary N) is 1. The van der Waals surface area contributed by atoms with E-state index >= 15 is 0 Å². The van der Waals surface area contributed by atoms with Crippen LogP contribution in [0.1, 0.15) is 11.1 Å². The Morgan fingerprint density at radius 3 is 2.62 bits per heavy atom. The molecule has 0 aliphatic heterocycles. The molecule has 0 fully saturated rings. The van der Waals surface area contributed by atoms with Crippen LogP contribution in [0.25, 0.3) is 11.3 Å². The maximum atomic E-state index is 5.97. The Morgan fingerprint density at radius 2 is 1.94 bits per heavy atom. The van der Waals surface area contributed by atoms with E-state index in [1.165, 1.54) is 11.1 Å². The normalized spacial score (nSPS) is 10.4. The summed E-state index contributed by atoms with van der Waals surface area (Å²) in [6.45, 7) is 4.15. The van der Waals surface area contributed by atoms with E-state index in [1.807, 2.05) is 18.2 Å². The summed E-state index contributed by atoms with van der Waals surface area (Å²) in [6, 6.07) is 9.60. The van der Waals surface area contributed by atoms with Gasteiger partial charge in [-0.05, 0) is 37.1 Å². The van der Waals surface area contributed by atoms with E-state index in [2.05, 4.69) is 24.9 Å². The number of halogens is 1. The number of benzene rings is 1. The zero-order valence-electron chi connectivity index (χ0n) is 9.29. The first kappa shape index (κ1) is 11.0. The van der Waals surface area contributed by atoms with Crippen LogP contribution >= 0.6 is 11.6 Å². The maximum absolute atomic E-state index is 5.97. The fraction of sp³-hybridized carbons (Fsp3) is 0.154. The largest absolute Gasteiger partial charge is 0.384 e. The molecule has 1 heterocycles. The number of hydrogen-bond acceptors (Lipinski definition) is 2. The Kier molecular flexibility index (Phi) is 2.84. The lowest BCUT2D eigenvalue weighted by Gasteiger charge is -2.08. The summed E-state index contributed by atoms with van der Waals surface area (Å²) in [5, 5.41) is 0.614.